The van der Waals surface area contributed by atoms with Crippen LogP contribution >= 0.6 is 35.3 Å². The van der Waals surface area contributed by atoms with Gasteiger partial charge in [0.05, 0.1) is 0 Å². The van der Waals surface area contributed by atoms with E-state index in [-0.39, 0.29) is 24.0 Å². The van der Waals surface area contributed by atoms with Crippen molar-refractivity contribution >= 4 is 41.3 Å². The van der Waals surface area contributed by atoms with Crippen molar-refractivity contribution in [1.29, 1.82) is 0 Å². The molecule has 0 fully saturated rings. The molecule has 0 aliphatic rings. The highest BCUT2D eigenvalue weighted by molar-refractivity contribution is 14.0. The standard InChI is InChI=1S/C13H23N3S.HI/c1-5-14-13(16(3)4)15-10-11(2)9-12-7-6-8-17-12;/h6-8,11H,5,9-10H2,1-4H3,(H,14,15);1H. The highest BCUT2D eigenvalue weighted by Gasteiger charge is 2.05. The zero-order valence-electron chi connectivity index (χ0n) is 11.6. The minimum absolute atomic E-state index is 0. The molecule has 1 unspecified atom stereocenters. The van der Waals surface area contributed by atoms with Gasteiger partial charge in [-0.3, -0.25) is 4.99 Å². The van der Waals surface area contributed by atoms with E-state index in [1.807, 2.05) is 30.3 Å². The molecule has 3 nitrogen and oxygen atoms in total. The third-order valence-electron chi connectivity index (χ3n) is 2.44. The highest BCUT2D eigenvalue weighted by atomic mass is 127. The Labute approximate surface area is 132 Å². The first kappa shape index (κ1) is 17.7. The van der Waals surface area contributed by atoms with Gasteiger partial charge in [-0.2, -0.15) is 0 Å². The molecular weight excluding hydrogens is 357 g/mol. The van der Waals surface area contributed by atoms with Gasteiger partial charge in [0, 0.05) is 32.1 Å². The molecule has 1 atom stereocenters. The van der Waals surface area contributed by atoms with Crippen molar-refractivity contribution in [2.45, 2.75) is 20.3 Å². The summed E-state index contributed by atoms with van der Waals surface area (Å²) in [6.07, 6.45) is 1.12. The number of guanidine groups is 1. The number of nitrogens with zero attached hydrogens (tertiary/aromatic N) is 2. The molecule has 104 valence electrons. The Morgan fingerprint density at radius 1 is 1.50 bits per heavy atom. The van der Waals surface area contributed by atoms with Gasteiger partial charge in [0.15, 0.2) is 5.96 Å². The largest absolute Gasteiger partial charge is 0.357 e. The van der Waals surface area contributed by atoms with Crippen molar-refractivity contribution in [2.24, 2.45) is 10.9 Å². The van der Waals surface area contributed by atoms with Crippen LogP contribution in [-0.4, -0.2) is 38.0 Å². The van der Waals surface area contributed by atoms with Crippen LogP contribution < -0.4 is 5.32 Å². The van der Waals surface area contributed by atoms with Crippen LogP contribution in [0.5, 0.6) is 0 Å². The fourth-order valence-electron chi connectivity index (χ4n) is 1.59. The molecule has 0 amide bonds. The second-order valence-electron chi connectivity index (χ2n) is 4.48. The third kappa shape index (κ3) is 6.58. The number of nitrogens with one attached hydrogen (secondary N) is 1. The average molecular weight is 381 g/mol. The Hall–Kier alpha value is -0.300. The quantitative estimate of drug-likeness (QED) is 0.482. The molecule has 0 aliphatic carbocycles. The predicted molar refractivity (Wildman–Crippen MR) is 92.3 cm³/mol. The zero-order valence-corrected chi connectivity index (χ0v) is 14.8. The number of hydrogen-bond donors (Lipinski definition) is 1. The summed E-state index contributed by atoms with van der Waals surface area (Å²) in [5.41, 5.74) is 0. The van der Waals surface area contributed by atoms with Gasteiger partial charge in [-0.05, 0) is 30.7 Å². The molecule has 0 aliphatic heterocycles. The monoisotopic (exact) mass is 381 g/mol. The smallest absolute Gasteiger partial charge is 0.193 e. The maximum atomic E-state index is 4.63. The number of thiophene rings is 1. The van der Waals surface area contributed by atoms with E-state index < -0.39 is 0 Å². The van der Waals surface area contributed by atoms with Crippen LogP contribution in [0.25, 0.3) is 0 Å². The van der Waals surface area contributed by atoms with Crippen LogP contribution in [-0.2, 0) is 6.42 Å². The normalized spacial score (nSPS) is 12.8. The number of halogens is 1. The van der Waals surface area contributed by atoms with Crippen LogP contribution in [0.3, 0.4) is 0 Å². The summed E-state index contributed by atoms with van der Waals surface area (Å²) in [4.78, 5) is 8.11. The van der Waals surface area contributed by atoms with E-state index >= 15 is 0 Å². The predicted octanol–water partition coefficient (Wildman–Crippen LogP) is 3.07. The molecular formula is C13H24IN3S. The zero-order chi connectivity index (χ0) is 12.7. The second-order valence-corrected chi connectivity index (χ2v) is 5.51. The van der Waals surface area contributed by atoms with Crippen molar-refractivity contribution < 1.29 is 0 Å². The Kier molecular flexibility index (Phi) is 9.45. The molecule has 18 heavy (non-hydrogen) atoms. The van der Waals surface area contributed by atoms with Crippen molar-refractivity contribution in [2.75, 3.05) is 27.2 Å². The minimum Gasteiger partial charge on any atom is -0.357 e. The molecule has 1 aromatic heterocycles. The minimum atomic E-state index is 0. The van der Waals surface area contributed by atoms with Crippen molar-refractivity contribution in [1.82, 2.24) is 10.2 Å². The van der Waals surface area contributed by atoms with Gasteiger partial charge in [-0.1, -0.05) is 13.0 Å². The van der Waals surface area contributed by atoms with Gasteiger partial charge in [0.2, 0.25) is 0 Å². The molecule has 5 heteroatoms. The van der Waals surface area contributed by atoms with E-state index in [0.29, 0.717) is 5.92 Å². The number of aliphatic imine (C=N–C) groups is 1. The van der Waals surface area contributed by atoms with Crippen molar-refractivity contribution in [3.05, 3.63) is 22.4 Å². The molecule has 0 saturated heterocycles. The lowest BCUT2D eigenvalue weighted by Gasteiger charge is -2.17. The molecule has 1 aromatic rings. The first-order valence-corrected chi connectivity index (χ1v) is 6.99. The summed E-state index contributed by atoms with van der Waals surface area (Å²) < 4.78 is 0. The first-order chi connectivity index (χ1) is 8.13. The Morgan fingerprint density at radius 2 is 2.22 bits per heavy atom. The first-order valence-electron chi connectivity index (χ1n) is 6.11. The van der Waals surface area contributed by atoms with Crippen molar-refractivity contribution in [3.8, 4) is 0 Å². The Balaban J connectivity index is 0.00000289. The maximum absolute atomic E-state index is 4.63. The van der Waals surface area contributed by atoms with Crippen LogP contribution in [0.1, 0.15) is 18.7 Å². The van der Waals surface area contributed by atoms with Crippen LogP contribution in [0, 0.1) is 5.92 Å². The Bertz CT molecular complexity index is 336. The summed E-state index contributed by atoms with van der Waals surface area (Å²) in [5, 5.41) is 5.41. The molecule has 0 spiro atoms. The highest BCUT2D eigenvalue weighted by Crippen LogP contribution is 2.14. The van der Waals surface area contributed by atoms with Gasteiger partial charge >= 0.3 is 0 Å². The molecule has 0 saturated carbocycles. The van der Waals surface area contributed by atoms with E-state index in [9.17, 15) is 0 Å². The number of rotatable bonds is 5. The SMILES string of the molecule is CCNC(=NCC(C)Cc1cccs1)N(C)C.I. The van der Waals surface area contributed by atoms with E-state index in [1.165, 1.54) is 4.88 Å². The third-order valence-corrected chi connectivity index (χ3v) is 3.34. The summed E-state index contributed by atoms with van der Waals surface area (Å²) in [7, 11) is 4.04. The molecule has 0 aromatic carbocycles. The molecule has 0 bridgehead atoms. The molecule has 1 heterocycles. The van der Waals surface area contributed by atoms with Gasteiger partial charge in [0.25, 0.3) is 0 Å². The van der Waals surface area contributed by atoms with Gasteiger partial charge in [-0.25, -0.2) is 0 Å². The van der Waals surface area contributed by atoms with Crippen molar-refractivity contribution in [3.63, 3.8) is 0 Å². The summed E-state index contributed by atoms with van der Waals surface area (Å²) in [6, 6.07) is 4.31. The Morgan fingerprint density at radius 3 is 2.72 bits per heavy atom. The molecule has 0 radical (unpaired) electrons. The fourth-order valence-corrected chi connectivity index (χ4v) is 2.46. The van der Waals surface area contributed by atoms with Crippen LogP contribution in [0.2, 0.25) is 0 Å². The second kappa shape index (κ2) is 9.61. The molecule has 1 N–H and O–H groups in total. The van der Waals surface area contributed by atoms with Crippen LogP contribution in [0.4, 0.5) is 0 Å². The maximum Gasteiger partial charge on any atom is 0.193 e. The van der Waals surface area contributed by atoms with E-state index in [2.05, 4.69) is 41.7 Å². The lowest BCUT2D eigenvalue weighted by molar-refractivity contribution is 0.556. The van der Waals surface area contributed by atoms with E-state index in [1.54, 1.807) is 0 Å². The van der Waals surface area contributed by atoms with Gasteiger partial charge < -0.3 is 10.2 Å². The fraction of sp³-hybridized carbons (Fsp3) is 0.615. The van der Waals surface area contributed by atoms with E-state index in [0.717, 1.165) is 25.5 Å². The summed E-state index contributed by atoms with van der Waals surface area (Å²) in [6.45, 7) is 6.13. The van der Waals surface area contributed by atoms with Gasteiger partial charge in [0.1, 0.15) is 0 Å². The van der Waals surface area contributed by atoms with E-state index in [4.69, 9.17) is 0 Å². The molecule has 1 rings (SSSR count). The average Bonchev–Trinajstić information content (AvgIpc) is 2.76. The van der Waals surface area contributed by atoms with Gasteiger partial charge in [-0.15, -0.1) is 35.3 Å². The topological polar surface area (TPSA) is 27.6 Å². The lowest BCUT2D eigenvalue weighted by Crippen LogP contribution is -2.36. The summed E-state index contributed by atoms with van der Waals surface area (Å²) in [5.74, 6) is 1.56. The van der Waals surface area contributed by atoms with Crippen LogP contribution in [0.15, 0.2) is 22.5 Å². The summed E-state index contributed by atoms with van der Waals surface area (Å²) >= 11 is 1.83. The lowest BCUT2D eigenvalue weighted by atomic mass is 10.1. The number of hydrogen-bond acceptors (Lipinski definition) is 2.